The van der Waals surface area contributed by atoms with Gasteiger partial charge in [0.05, 0.1) is 11.8 Å². The van der Waals surface area contributed by atoms with Crippen LogP contribution in [0, 0.1) is 0 Å². The first kappa shape index (κ1) is 12.8. The summed E-state index contributed by atoms with van der Waals surface area (Å²) in [6.45, 7) is 1.37. The second kappa shape index (κ2) is 5.83. The minimum atomic E-state index is -0.0781. The quantitative estimate of drug-likeness (QED) is 0.907. The summed E-state index contributed by atoms with van der Waals surface area (Å²) in [6.07, 6.45) is 5.35. The predicted molar refractivity (Wildman–Crippen MR) is 72.7 cm³/mol. The molecule has 0 radical (unpaired) electrons. The Hall–Kier alpha value is -2.21. The molecule has 6 heteroatoms. The lowest BCUT2D eigenvalue weighted by molar-refractivity contribution is 0.0858. The average molecular weight is 272 g/mol. The lowest BCUT2D eigenvalue weighted by atomic mass is 10.2. The highest BCUT2D eigenvalue weighted by molar-refractivity contribution is 5.94. The number of hydrogen-bond donors (Lipinski definition) is 1. The van der Waals surface area contributed by atoms with E-state index in [1.807, 2.05) is 12.1 Å². The molecule has 0 aliphatic carbocycles. The fraction of sp³-hybridized carbons (Fsp3) is 0.357. The third-order valence-electron chi connectivity index (χ3n) is 3.33. The van der Waals surface area contributed by atoms with E-state index in [9.17, 15) is 4.79 Å². The highest BCUT2D eigenvalue weighted by Gasteiger charge is 2.16. The minimum absolute atomic E-state index is 0.0781. The van der Waals surface area contributed by atoms with Gasteiger partial charge in [0.1, 0.15) is 12.7 Å². The molecule has 1 amide bonds. The van der Waals surface area contributed by atoms with Gasteiger partial charge in [0.2, 0.25) is 0 Å². The number of rotatable bonds is 4. The molecule has 1 aromatic heterocycles. The van der Waals surface area contributed by atoms with Gasteiger partial charge < -0.3 is 10.1 Å². The Balaban J connectivity index is 1.60. The zero-order valence-corrected chi connectivity index (χ0v) is 11.0. The molecule has 1 aromatic carbocycles. The van der Waals surface area contributed by atoms with E-state index in [0.29, 0.717) is 12.1 Å². The van der Waals surface area contributed by atoms with E-state index in [1.54, 1.807) is 23.1 Å². The smallest absolute Gasteiger partial charge is 0.251 e. The van der Waals surface area contributed by atoms with Crippen LogP contribution in [-0.4, -0.2) is 39.9 Å². The maximum absolute atomic E-state index is 12.0. The van der Waals surface area contributed by atoms with Crippen LogP contribution in [0.25, 0.3) is 5.69 Å². The molecule has 3 rings (SSSR count). The average Bonchev–Trinajstić information content (AvgIpc) is 3.18. The minimum Gasteiger partial charge on any atom is -0.376 e. The van der Waals surface area contributed by atoms with E-state index in [2.05, 4.69) is 15.4 Å². The molecule has 1 aliphatic heterocycles. The van der Waals surface area contributed by atoms with Crippen LogP contribution in [0.15, 0.2) is 36.9 Å². The van der Waals surface area contributed by atoms with Crippen molar-refractivity contribution >= 4 is 5.91 Å². The Morgan fingerprint density at radius 2 is 2.25 bits per heavy atom. The number of carbonyl (C=O) groups excluding carboxylic acids is 1. The Bertz CT molecular complexity index is 559. The van der Waals surface area contributed by atoms with E-state index in [-0.39, 0.29) is 12.0 Å². The summed E-state index contributed by atoms with van der Waals surface area (Å²) < 4.78 is 7.12. The lowest BCUT2D eigenvalue weighted by Gasteiger charge is -2.11. The molecule has 0 saturated carbocycles. The number of nitrogens with one attached hydrogen (secondary N) is 1. The highest BCUT2D eigenvalue weighted by Crippen LogP contribution is 2.11. The molecule has 1 atom stereocenters. The van der Waals surface area contributed by atoms with Crippen LogP contribution in [-0.2, 0) is 4.74 Å². The van der Waals surface area contributed by atoms with Crippen molar-refractivity contribution in [2.45, 2.75) is 18.9 Å². The Morgan fingerprint density at radius 3 is 2.90 bits per heavy atom. The van der Waals surface area contributed by atoms with Crippen LogP contribution in [0.1, 0.15) is 23.2 Å². The Kier molecular flexibility index (Phi) is 3.73. The fourth-order valence-electron chi connectivity index (χ4n) is 2.22. The number of nitrogens with zero attached hydrogens (tertiary/aromatic N) is 3. The van der Waals surface area contributed by atoms with Crippen molar-refractivity contribution in [3.05, 3.63) is 42.5 Å². The van der Waals surface area contributed by atoms with E-state index in [4.69, 9.17) is 4.74 Å². The summed E-state index contributed by atoms with van der Waals surface area (Å²) in [7, 11) is 0. The fourth-order valence-corrected chi connectivity index (χ4v) is 2.22. The van der Waals surface area contributed by atoms with Gasteiger partial charge in [-0.15, -0.1) is 0 Å². The Labute approximate surface area is 116 Å². The summed E-state index contributed by atoms with van der Waals surface area (Å²) in [5.74, 6) is -0.0781. The molecule has 104 valence electrons. The maximum atomic E-state index is 12.0. The molecule has 1 unspecified atom stereocenters. The van der Waals surface area contributed by atoms with Crippen LogP contribution in [0.2, 0.25) is 0 Å². The summed E-state index contributed by atoms with van der Waals surface area (Å²) >= 11 is 0. The molecule has 2 aromatic rings. The van der Waals surface area contributed by atoms with Crippen molar-refractivity contribution in [2.24, 2.45) is 0 Å². The van der Waals surface area contributed by atoms with Gasteiger partial charge in [-0.3, -0.25) is 4.79 Å². The molecule has 2 heterocycles. The highest BCUT2D eigenvalue weighted by atomic mass is 16.5. The zero-order chi connectivity index (χ0) is 13.8. The van der Waals surface area contributed by atoms with Gasteiger partial charge in [0, 0.05) is 18.7 Å². The third kappa shape index (κ3) is 2.85. The molecule has 1 saturated heterocycles. The molecule has 1 aliphatic rings. The molecule has 0 spiro atoms. The van der Waals surface area contributed by atoms with E-state index >= 15 is 0 Å². The van der Waals surface area contributed by atoms with Crippen LogP contribution in [0.3, 0.4) is 0 Å². The van der Waals surface area contributed by atoms with Gasteiger partial charge in [0.25, 0.3) is 5.91 Å². The van der Waals surface area contributed by atoms with Crippen LogP contribution in [0.5, 0.6) is 0 Å². The number of amides is 1. The number of ether oxygens (including phenoxy) is 1. The van der Waals surface area contributed by atoms with Crippen LogP contribution >= 0.6 is 0 Å². The number of benzene rings is 1. The first-order valence-corrected chi connectivity index (χ1v) is 6.68. The van der Waals surface area contributed by atoms with Crippen molar-refractivity contribution < 1.29 is 9.53 Å². The molecular weight excluding hydrogens is 256 g/mol. The van der Waals surface area contributed by atoms with Gasteiger partial charge in [-0.05, 0) is 37.1 Å². The standard InChI is InChI=1S/C14H16N4O2/c19-14(16-8-13-2-1-7-20-13)11-3-5-12(6-4-11)18-10-15-9-17-18/h3-6,9-10,13H,1-2,7-8H2,(H,16,19). The van der Waals surface area contributed by atoms with E-state index in [0.717, 1.165) is 25.1 Å². The molecule has 1 N–H and O–H groups in total. The SMILES string of the molecule is O=C(NCC1CCCO1)c1ccc(-n2cncn2)cc1. The van der Waals surface area contributed by atoms with Crippen molar-refractivity contribution in [3.63, 3.8) is 0 Å². The number of hydrogen-bond acceptors (Lipinski definition) is 4. The zero-order valence-electron chi connectivity index (χ0n) is 11.0. The largest absolute Gasteiger partial charge is 0.376 e. The van der Waals surface area contributed by atoms with E-state index in [1.165, 1.54) is 6.33 Å². The summed E-state index contributed by atoms with van der Waals surface area (Å²) in [6, 6.07) is 7.25. The first-order chi connectivity index (χ1) is 9.83. The summed E-state index contributed by atoms with van der Waals surface area (Å²) in [5.41, 5.74) is 1.50. The van der Waals surface area contributed by atoms with Gasteiger partial charge in [-0.2, -0.15) is 5.10 Å². The van der Waals surface area contributed by atoms with Gasteiger partial charge >= 0.3 is 0 Å². The second-order valence-corrected chi connectivity index (χ2v) is 4.73. The molecule has 20 heavy (non-hydrogen) atoms. The second-order valence-electron chi connectivity index (χ2n) is 4.73. The van der Waals surface area contributed by atoms with E-state index < -0.39 is 0 Å². The van der Waals surface area contributed by atoms with Crippen molar-refractivity contribution in [1.29, 1.82) is 0 Å². The normalized spacial score (nSPS) is 18.1. The first-order valence-electron chi connectivity index (χ1n) is 6.68. The lowest BCUT2D eigenvalue weighted by Crippen LogP contribution is -2.31. The summed E-state index contributed by atoms with van der Waals surface area (Å²) in [5, 5.41) is 6.93. The van der Waals surface area contributed by atoms with Crippen LogP contribution < -0.4 is 5.32 Å². The molecule has 1 fully saturated rings. The topological polar surface area (TPSA) is 69.0 Å². The van der Waals surface area contributed by atoms with Gasteiger partial charge in [-0.25, -0.2) is 9.67 Å². The van der Waals surface area contributed by atoms with Gasteiger partial charge in [-0.1, -0.05) is 0 Å². The Morgan fingerprint density at radius 1 is 1.40 bits per heavy atom. The molecule has 6 nitrogen and oxygen atoms in total. The summed E-state index contributed by atoms with van der Waals surface area (Å²) in [4.78, 5) is 15.9. The molecule has 0 bridgehead atoms. The molecular formula is C14H16N4O2. The number of aromatic nitrogens is 3. The van der Waals surface area contributed by atoms with Crippen molar-refractivity contribution in [2.75, 3.05) is 13.2 Å². The maximum Gasteiger partial charge on any atom is 0.251 e. The van der Waals surface area contributed by atoms with Gasteiger partial charge in [0.15, 0.2) is 0 Å². The van der Waals surface area contributed by atoms with Crippen LogP contribution in [0.4, 0.5) is 0 Å². The van der Waals surface area contributed by atoms with Crippen molar-refractivity contribution in [1.82, 2.24) is 20.1 Å². The third-order valence-corrected chi connectivity index (χ3v) is 3.33. The predicted octanol–water partition coefficient (Wildman–Crippen LogP) is 1.18. The number of carbonyl (C=O) groups is 1. The monoisotopic (exact) mass is 272 g/mol. The van der Waals surface area contributed by atoms with Crippen molar-refractivity contribution in [3.8, 4) is 5.69 Å².